The van der Waals surface area contributed by atoms with Crippen LogP contribution in [0.4, 0.5) is 0 Å². The number of rotatable bonds is 3. The summed E-state index contributed by atoms with van der Waals surface area (Å²) in [6.45, 7) is 5.36. The number of hydrogen-bond donors (Lipinski definition) is 0. The summed E-state index contributed by atoms with van der Waals surface area (Å²) < 4.78 is 1.98. The van der Waals surface area contributed by atoms with Crippen LogP contribution < -0.4 is 0 Å². The zero-order chi connectivity index (χ0) is 18.1. The van der Waals surface area contributed by atoms with Crippen molar-refractivity contribution in [2.45, 2.75) is 13.1 Å². The fourth-order valence-corrected chi connectivity index (χ4v) is 3.48. The quantitative estimate of drug-likeness (QED) is 0.664. The van der Waals surface area contributed by atoms with Crippen LogP contribution in [0.3, 0.4) is 0 Å². The molecule has 5 nitrogen and oxygen atoms in total. The number of pyridine rings is 1. The van der Waals surface area contributed by atoms with Gasteiger partial charge in [-0.2, -0.15) is 5.10 Å². The van der Waals surface area contributed by atoms with E-state index in [-0.39, 0.29) is 5.91 Å². The van der Waals surface area contributed by atoms with Crippen LogP contribution in [-0.2, 0) is 17.9 Å². The predicted molar refractivity (Wildman–Crippen MR) is 102 cm³/mol. The third kappa shape index (κ3) is 2.91. The molecule has 6 heteroatoms. The van der Waals surface area contributed by atoms with Crippen LogP contribution in [-0.4, -0.2) is 32.1 Å². The second-order valence-electron chi connectivity index (χ2n) is 6.10. The highest BCUT2D eigenvalue weighted by Crippen LogP contribution is 2.37. The fraction of sp³-hybridized carbons (Fsp3) is 0.150. The van der Waals surface area contributed by atoms with Gasteiger partial charge in [0.1, 0.15) is 5.69 Å². The number of benzene rings is 1. The minimum atomic E-state index is -0.0672. The Bertz CT molecular complexity index is 981. The van der Waals surface area contributed by atoms with Gasteiger partial charge in [-0.3, -0.25) is 14.5 Å². The molecule has 0 spiro atoms. The van der Waals surface area contributed by atoms with E-state index in [0.717, 1.165) is 28.1 Å². The summed E-state index contributed by atoms with van der Waals surface area (Å²) in [7, 11) is 0. The molecule has 4 rings (SSSR count). The molecule has 1 aliphatic heterocycles. The molecule has 1 aliphatic rings. The zero-order valence-electron chi connectivity index (χ0n) is 14.1. The molecule has 0 N–H and O–H groups in total. The van der Waals surface area contributed by atoms with E-state index in [1.54, 1.807) is 17.3 Å². The highest BCUT2D eigenvalue weighted by atomic mass is 35.5. The number of hydrogen-bond acceptors (Lipinski definition) is 3. The summed E-state index contributed by atoms with van der Waals surface area (Å²) in [4.78, 5) is 18.0. The van der Waals surface area contributed by atoms with Gasteiger partial charge in [0, 0.05) is 35.1 Å². The molecule has 0 fully saturated rings. The van der Waals surface area contributed by atoms with Crippen LogP contribution in [0, 0.1) is 0 Å². The van der Waals surface area contributed by atoms with Crippen molar-refractivity contribution in [1.82, 2.24) is 19.7 Å². The molecule has 0 saturated heterocycles. The molecule has 26 heavy (non-hydrogen) atoms. The first-order valence-electron chi connectivity index (χ1n) is 8.34. The second kappa shape index (κ2) is 6.77. The molecule has 1 amide bonds. The third-order valence-corrected chi connectivity index (χ3v) is 4.77. The Kier molecular flexibility index (Phi) is 4.31. The van der Waals surface area contributed by atoms with Gasteiger partial charge in [0.05, 0.1) is 18.8 Å². The van der Waals surface area contributed by atoms with Gasteiger partial charge in [0.25, 0.3) is 0 Å². The van der Waals surface area contributed by atoms with Crippen LogP contribution in [0.1, 0.15) is 5.69 Å². The lowest BCUT2D eigenvalue weighted by molar-refractivity contribution is -0.127. The van der Waals surface area contributed by atoms with Gasteiger partial charge >= 0.3 is 0 Å². The van der Waals surface area contributed by atoms with Crippen molar-refractivity contribution >= 4 is 17.5 Å². The highest BCUT2D eigenvalue weighted by Gasteiger charge is 2.27. The molecule has 0 unspecified atom stereocenters. The summed E-state index contributed by atoms with van der Waals surface area (Å²) in [5, 5.41) is 5.50. The predicted octanol–water partition coefficient (Wildman–Crippen LogP) is 3.79. The van der Waals surface area contributed by atoms with Gasteiger partial charge in [-0.25, -0.2) is 0 Å². The number of carbonyl (C=O) groups is 1. The van der Waals surface area contributed by atoms with E-state index in [1.165, 1.54) is 6.08 Å². The molecule has 2 aromatic heterocycles. The lowest BCUT2D eigenvalue weighted by Gasteiger charge is -2.27. The Balaban J connectivity index is 1.90. The van der Waals surface area contributed by atoms with Crippen molar-refractivity contribution in [3.63, 3.8) is 0 Å². The van der Waals surface area contributed by atoms with E-state index >= 15 is 0 Å². The van der Waals surface area contributed by atoms with E-state index in [0.29, 0.717) is 24.7 Å². The van der Waals surface area contributed by atoms with Crippen molar-refractivity contribution in [3.05, 3.63) is 72.2 Å². The summed E-state index contributed by atoms with van der Waals surface area (Å²) in [5.74, 6) is -0.0672. The number of nitrogens with zero attached hydrogens (tertiary/aromatic N) is 4. The molecular formula is C20H17ClN4O. The molecule has 3 aromatic rings. The topological polar surface area (TPSA) is 51.0 Å². The Morgan fingerprint density at radius 3 is 2.69 bits per heavy atom. The minimum Gasteiger partial charge on any atom is -0.331 e. The Hall–Kier alpha value is -2.92. The molecule has 0 aliphatic carbocycles. The monoisotopic (exact) mass is 364 g/mol. The number of halogens is 1. The van der Waals surface area contributed by atoms with Crippen LogP contribution in [0.25, 0.3) is 22.4 Å². The van der Waals surface area contributed by atoms with Gasteiger partial charge in [0.2, 0.25) is 5.91 Å². The van der Waals surface area contributed by atoms with Crippen LogP contribution in [0.15, 0.2) is 61.4 Å². The van der Waals surface area contributed by atoms with Gasteiger partial charge in [-0.1, -0.05) is 30.3 Å². The average molecular weight is 365 g/mol. The normalized spacial score (nSPS) is 13.3. The Morgan fingerprint density at radius 1 is 1.15 bits per heavy atom. The fourth-order valence-electron chi connectivity index (χ4n) is 3.29. The van der Waals surface area contributed by atoms with Crippen molar-refractivity contribution in [1.29, 1.82) is 0 Å². The second-order valence-corrected chi connectivity index (χ2v) is 6.54. The standard InChI is InChI=1S/C20H17ClN4O/c1-2-18(26)24-10-11-25-17(13-24)19(14-6-8-22-9-7-14)20(23-25)15-4-3-5-16(21)12-15/h2-9,12H,1,10-11,13H2. The maximum atomic E-state index is 12.1. The van der Waals surface area contributed by atoms with Crippen LogP contribution >= 0.6 is 11.6 Å². The molecule has 0 bridgehead atoms. The van der Waals surface area contributed by atoms with Gasteiger partial charge < -0.3 is 4.90 Å². The Labute approximate surface area is 156 Å². The number of fused-ring (bicyclic) bond motifs is 1. The van der Waals surface area contributed by atoms with Crippen LogP contribution in [0.2, 0.25) is 5.02 Å². The largest absolute Gasteiger partial charge is 0.331 e. The van der Waals surface area contributed by atoms with Gasteiger partial charge in [-0.05, 0) is 35.9 Å². The van der Waals surface area contributed by atoms with E-state index in [2.05, 4.69) is 11.6 Å². The van der Waals surface area contributed by atoms with Gasteiger partial charge in [-0.15, -0.1) is 0 Å². The Morgan fingerprint density at radius 2 is 1.96 bits per heavy atom. The third-order valence-electron chi connectivity index (χ3n) is 4.53. The summed E-state index contributed by atoms with van der Waals surface area (Å²) in [6.07, 6.45) is 4.88. The maximum Gasteiger partial charge on any atom is 0.246 e. The number of carbonyl (C=O) groups excluding carboxylic acids is 1. The minimum absolute atomic E-state index is 0.0672. The summed E-state index contributed by atoms with van der Waals surface area (Å²) in [6, 6.07) is 11.6. The van der Waals surface area contributed by atoms with Crippen molar-refractivity contribution in [3.8, 4) is 22.4 Å². The van der Waals surface area contributed by atoms with Crippen LogP contribution in [0.5, 0.6) is 0 Å². The van der Waals surface area contributed by atoms with Crippen molar-refractivity contribution in [2.75, 3.05) is 6.54 Å². The lowest BCUT2D eigenvalue weighted by Crippen LogP contribution is -2.37. The first-order chi connectivity index (χ1) is 12.7. The molecule has 0 atom stereocenters. The number of amides is 1. The summed E-state index contributed by atoms with van der Waals surface area (Å²) >= 11 is 6.19. The first kappa shape index (κ1) is 16.5. The molecule has 0 radical (unpaired) electrons. The molecular weight excluding hydrogens is 348 g/mol. The average Bonchev–Trinajstić information content (AvgIpc) is 3.06. The first-order valence-corrected chi connectivity index (χ1v) is 8.72. The molecule has 0 saturated carbocycles. The number of aromatic nitrogens is 3. The van der Waals surface area contributed by atoms with E-state index in [1.807, 2.05) is 41.1 Å². The lowest BCUT2D eigenvalue weighted by atomic mass is 9.99. The van der Waals surface area contributed by atoms with E-state index in [4.69, 9.17) is 16.7 Å². The molecule has 1 aromatic carbocycles. The smallest absolute Gasteiger partial charge is 0.246 e. The van der Waals surface area contributed by atoms with E-state index < -0.39 is 0 Å². The van der Waals surface area contributed by atoms with Crippen molar-refractivity contribution < 1.29 is 4.79 Å². The highest BCUT2D eigenvalue weighted by molar-refractivity contribution is 6.30. The SMILES string of the molecule is C=CC(=O)N1CCn2nc(-c3cccc(Cl)c3)c(-c3ccncc3)c2C1. The van der Waals surface area contributed by atoms with Gasteiger partial charge in [0.15, 0.2) is 0 Å². The molecule has 130 valence electrons. The molecule has 3 heterocycles. The zero-order valence-corrected chi connectivity index (χ0v) is 14.9. The van der Waals surface area contributed by atoms with Crippen molar-refractivity contribution in [2.24, 2.45) is 0 Å². The van der Waals surface area contributed by atoms with E-state index in [9.17, 15) is 4.79 Å². The summed E-state index contributed by atoms with van der Waals surface area (Å²) in [5.41, 5.74) is 4.85. The maximum absolute atomic E-state index is 12.1.